The molecule has 0 spiro atoms. The third-order valence-electron chi connectivity index (χ3n) is 3.14. The molecule has 0 aliphatic carbocycles. The summed E-state index contributed by atoms with van der Waals surface area (Å²) in [6, 6.07) is 17.2. The number of hydrogen-bond donors (Lipinski definition) is 0. The van der Waals surface area contributed by atoms with Crippen molar-refractivity contribution in [1.29, 1.82) is 0 Å². The van der Waals surface area contributed by atoms with Crippen LogP contribution in [-0.4, -0.2) is 19.2 Å². The van der Waals surface area contributed by atoms with Gasteiger partial charge in [0.2, 0.25) is 0 Å². The van der Waals surface area contributed by atoms with Crippen LogP contribution in [0.2, 0.25) is 0 Å². The molecule has 0 amide bonds. The van der Waals surface area contributed by atoms with Crippen LogP contribution in [0.5, 0.6) is 5.75 Å². The second-order valence-corrected chi connectivity index (χ2v) is 4.67. The van der Waals surface area contributed by atoms with Crippen LogP contribution in [0.3, 0.4) is 0 Å². The number of rotatable bonds is 7. The Kier molecular flexibility index (Phi) is 7.76. The van der Waals surface area contributed by atoms with Crippen molar-refractivity contribution in [3.8, 4) is 5.75 Å². The van der Waals surface area contributed by atoms with Gasteiger partial charge in [-0.15, -0.1) is 0 Å². The second-order valence-electron chi connectivity index (χ2n) is 4.67. The van der Waals surface area contributed by atoms with Gasteiger partial charge in [0.25, 0.3) is 0 Å². The Hall–Kier alpha value is -1.73. The molecular formula is C17H17LiO4. The molecule has 22 heavy (non-hydrogen) atoms. The van der Waals surface area contributed by atoms with Gasteiger partial charge in [-0.05, 0) is 23.3 Å². The van der Waals surface area contributed by atoms with Crippen molar-refractivity contribution in [1.82, 2.24) is 0 Å². The first-order valence-electron chi connectivity index (χ1n) is 6.68. The first kappa shape index (κ1) is 18.3. The number of carboxylic acids is 1. The van der Waals surface area contributed by atoms with Gasteiger partial charge < -0.3 is 19.4 Å². The van der Waals surface area contributed by atoms with Crippen LogP contribution in [0.25, 0.3) is 0 Å². The van der Waals surface area contributed by atoms with Crippen molar-refractivity contribution >= 4 is 5.97 Å². The van der Waals surface area contributed by atoms with Gasteiger partial charge in [-0.25, -0.2) is 0 Å². The molecule has 0 bridgehead atoms. The van der Waals surface area contributed by atoms with Gasteiger partial charge in [-0.2, -0.15) is 0 Å². The van der Waals surface area contributed by atoms with Crippen molar-refractivity contribution in [3.63, 3.8) is 0 Å². The fourth-order valence-electron chi connectivity index (χ4n) is 1.94. The predicted octanol–water partition coefficient (Wildman–Crippen LogP) is -1.42. The SMILES string of the molecule is COC(Cc1ccc(OCc2ccccc2)cc1)C(=O)[O-].[Li+]. The number of carbonyl (C=O) groups is 1. The molecule has 5 heteroatoms. The molecule has 0 aliphatic heterocycles. The number of carbonyl (C=O) groups excluding carboxylic acids is 1. The summed E-state index contributed by atoms with van der Waals surface area (Å²) in [6.45, 7) is 0.500. The Bertz CT molecular complexity index is 569. The van der Waals surface area contributed by atoms with E-state index in [2.05, 4.69) is 0 Å². The molecule has 0 aromatic heterocycles. The topological polar surface area (TPSA) is 58.6 Å². The Morgan fingerprint density at radius 2 is 1.68 bits per heavy atom. The minimum Gasteiger partial charge on any atom is -0.547 e. The fraction of sp³-hybridized carbons (Fsp3) is 0.235. The first-order chi connectivity index (χ1) is 10.2. The first-order valence-corrected chi connectivity index (χ1v) is 6.68. The molecule has 1 atom stereocenters. The molecular weight excluding hydrogens is 275 g/mol. The Morgan fingerprint density at radius 1 is 1.05 bits per heavy atom. The third-order valence-corrected chi connectivity index (χ3v) is 3.14. The van der Waals surface area contributed by atoms with Crippen molar-refractivity contribution in [2.45, 2.75) is 19.1 Å². The molecule has 0 N–H and O–H groups in total. The number of ether oxygens (including phenoxy) is 2. The minimum atomic E-state index is -1.21. The van der Waals surface area contributed by atoms with Gasteiger partial charge in [0.15, 0.2) is 0 Å². The summed E-state index contributed by atoms with van der Waals surface area (Å²) in [6.07, 6.45) is -0.654. The molecule has 0 radical (unpaired) electrons. The fourth-order valence-corrected chi connectivity index (χ4v) is 1.94. The average Bonchev–Trinajstić information content (AvgIpc) is 2.52. The number of methoxy groups -OCH3 is 1. The van der Waals surface area contributed by atoms with Gasteiger partial charge in [0.05, 0.1) is 5.97 Å². The second kappa shape index (κ2) is 9.32. The maximum atomic E-state index is 10.8. The van der Waals surface area contributed by atoms with E-state index in [-0.39, 0.29) is 25.3 Å². The van der Waals surface area contributed by atoms with Gasteiger partial charge in [0.1, 0.15) is 18.5 Å². The van der Waals surface area contributed by atoms with Crippen LogP contribution in [0, 0.1) is 0 Å². The van der Waals surface area contributed by atoms with Crippen molar-refractivity contribution in [2.75, 3.05) is 7.11 Å². The van der Waals surface area contributed by atoms with E-state index in [0.717, 1.165) is 16.9 Å². The maximum Gasteiger partial charge on any atom is 1.00 e. The van der Waals surface area contributed by atoms with Crippen LogP contribution in [0.1, 0.15) is 11.1 Å². The zero-order valence-electron chi connectivity index (χ0n) is 12.8. The van der Waals surface area contributed by atoms with E-state index in [9.17, 15) is 9.90 Å². The van der Waals surface area contributed by atoms with Crippen molar-refractivity contribution < 1.29 is 38.2 Å². The summed E-state index contributed by atoms with van der Waals surface area (Å²) >= 11 is 0. The number of carboxylic acid groups (broad SMARTS) is 1. The third kappa shape index (κ3) is 5.57. The largest absolute Gasteiger partial charge is 1.00 e. The van der Waals surface area contributed by atoms with Gasteiger partial charge in [0, 0.05) is 13.5 Å². The van der Waals surface area contributed by atoms with E-state index in [1.165, 1.54) is 7.11 Å². The Labute approximate surface area is 142 Å². The van der Waals surface area contributed by atoms with E-state index in [4.69, 9.17) is 9.47 Å². The van der Waals surface area contributed by atoms with Crippen LogP contribution in [0.4, 0.5) is 0 Å². The molecule has 0 heterocycles. The van der Waals surface area contributed by atoms with E-state index < -0.39 is 12.1 Å². The number of benzene rings is 2. The molecule has 2 aromatic rings. The van der Waals surface area contributed by atoms with Crippen molar-refractivity contribution in [3.05, 3.63) is 65.7 Å². The predicted molar refractivity (Wildman–Crippen MR) is 76.7 cm³/mol. The van der Waals surface area contributed by atoms with Gasteiger partial charge >= 0.3 is 18.9 Å². The number of aliphatic carboxylic acids is 1. The minimum absolute atomic E-state index is 0. The maximum absolute atomic E-state index is 10.8. The van der Waals surface area contributed by atoms with E-state index >= 15 is 0 Å². The average molecular weight is 292 g/mol. The van der Waals surface area contributed by atoms with Crippen LogP contribution in [0.15, 0.2) is 54.6 Å². The molecule has 4 nitrogen and oxygen atoms in total. The summed E-state index contributed by atoms with van der Waals surface area (Å²) in [4.78, 5) is 10.8. The summed E-state index contributed by atoms with van der Waals surface area (Å²) in [5.41, 5.74) is 1.95. The van der Waals surface area contributed by atoms with Crippen molar-refractivity contribution in [2.24, 2.45) is 0 Å². The summed E-state index contributed by atoms with van der Waals surface area (Å²) in [7, 11) is 1.36. The van der Waals surface area contributed by atoms with Gasteiger partial charge in [-0.1, -0.05) is 42.5 Å². The summed E-state index contributed by atoms with van der Waals surface area (Å²) in [5.74, 6) is -0.466. The Morgan fingerprint density at radius 3 is 2.23 bits per heavy atom. The van der Waals surface area contributed by atoms with E-state index in [1.54, 1.807) is 0 Å². The smallest absolute Gasteiger partial charge is 0.547 e. The van der Waals surface area contributed by atoms with Crippen LogP contribution < -0.4 is 28.7 Å². The monoisotopic (exact) mass is 292 g/mol. The quantitative estimate of drug-likeness (QED) is 0.588. The standard InChI is InChI=1S/C17H18O4.Li/c1-20-16(17(18)19)11-13-7-9-15(10-8-13)21-12-14-5-3-2-4-6-14;/h2-10,16H,11-12H2,1H3,(H,18,19);/q;+1/p-1. The van der Waals surface area contributed by atoms with E-state index in [0.29, 0.717) is 6.61 Å². The zero-order valence-corrected chi connectivity index (χ0v) is 12.8. The Balaban J connectivity index is 0.00000242. The molecule has 2 rings (SSSR count). The van der Waals surface area contributed by atoms with Crippen LogP contribution >= 0.6 is 0 Å². The molecule has 0 saturated carbocycles. The molecule has 1 unspecified atom stereocenters. The van der Waals surface area contributed by atoms with Gasteiger partial charge in [-0.3, -0.25) is 0 Å². The molecule has 0 aliphatic rings. The normalized spacial score (nSPS) is 11.3. The summed E-state index contributed by atoms with van der Waals surface area (Å²) < 4.78 is 10.5. The molecule has 110 valence electrons. The zero-order chi connectivity index (χ0) is 15.1. The summed E-state index contributed by atoms with van der Waals surface area (Å²) in [5, 5.41) is 10.8. The van der Waals surface area contributed by atoms with Crippen LogP contribution in [-0.2, 0) is 22.6 Å². The molecule has 2 aromatic carbocycles. The molecule has 0 saturated heterocycles. The number of hydrogen-bond acceptors (Lipinski definition) is 4. The van der Waals surface area contributed by atoms with E-state index in [1.807, 2.05) is 54.6 Å². The molecule has 0 fully saturated rings.